The highest BCUT2D eigenvalue weighted by Crippen LogP contribution is 2.37. The van der Waals surface area contributed by atoms with Crippen LogP contribution in [0.15, 0.2) is 116 Å². The minimum atomic E-state index is -0.745. The van der Waals surface area contributed by atoms with Crippen LogP contribution in [-0.4, -0.2) is 53.5 Å². The zero-order valence-electron chi connectivity index (χ0n) is 36.3. The Hall–Kier alpha value is -7.52. The number of amides is 3. The van der Waals surface area contributed by atoms with Crippen LogP contribution in [-0.2, 0) is 35.5 Å². The predicted molar refractivity (Wildman–Crippen MR) is 250 cm³/mol. The van der Waals surface area contributed by atoms with Gasteiger partial charge in [0.05, 0.1) is 16.1 Å². The van der Waals surface area contributed by atoms with E-state index in [1.54, 1.807) is 24.5 Å². The summed E-state index contributed by atoms with van der Waals surface area (Å²) in [4.78, 5) is 68.1. The number of ether oxygens (including phenoxy) is 2. The van der Waals surface area contributed by atoms with Gasteiger partial charge in [0.15, 0.2) is 24.9 Å². The van der Waals surface area contributed by atoms with Gasteiger partial charge in [0.25, 0.3) is 11.8 Å². The molecule has 3 amide bonds. The molecular formula is C47H39Cl3F4N10O6. The third-order valence-corrected chi connectivity index (χ3v) is 11.0. The number of nitrogens with two attached hydrogens (primary N) is 1. The Kier molecular flexibility index (Phi) is 17.9. The van der Waals surface area contributed by atoms with Crippen molar-refractivity contribution in [2.45, 2.75) is 51.0 Å². The highest BCUT2D eigenvalue weighted by Gasteiger charge is 2.32. The highest BCUT2D eigenvalue weighted by atomic mass is 35.5. The Morgan fingerprint density at radius 2 is 1.14 bits per heavy atom. The minimum absolute atomic E-state index is 0. The molecule has 0 bridgehead atoms. The second-order valence-electron chi connectivity index (χ2n) is 15.0. The maximum Gasteiger partial charge on any atom is 0.419 e. The molecule has 0 unspecified atom stereocenters. The SMILES string of the molecule is Cl.N[C@H]1CCc2c(C(=O)Nc3ccc(F)c(Cl)c3)ccc(F)c21.O=C(N[C@H]1CCc2c(C(=O)Nc3ccc(F)c(Cl)c3)ccc(F)c21)OCc1ncccn1.O=C(OCc1ncccn1)n1ccnc1. The van der Waals surface area contributed by atoms with Gasteiger partial charge in [-0.1, -0.05) is 23.2 Å². The van der Waals surface area contributed by atoms with Gasteiger partial charge in [-0.25, -0.2) is 56.6 Å². The van der Waals surface area contributed by atoms with E-state index in [4.69, 9.17) is 38.4 Å². The predicted octanol–water partition coefficient (Wildman–Crippen LogP) is 9.67. The number of imidazole rings is 1. The number of nitrogens with one attached hydrogen (secondary N) is 3. The molecule has 5 N–H and O–H groups in total. The number of anilines is 2. The molecule has 2 aliphatic carbocycles. The number of aromatic nitrogens is 6. The van der Waals surface area contributed by atoms with E-state index in [2.05, 4.69) is 40.9 Å². The summed E-state index contributed by atoms with van der Waals surface area (Å²) in [6.45, 7) is -0.0741. The molecule has 2 aliphatic rings. The lowest BCUT2D eigenvalue weighted by molar-refractivity contribution is 0.101. The number of carbonyl (C=O) groups is 4. The second kappa shape index (κ2) is 24.2. The van der Waals surface area contributed by atoms with Crippen molar-refractivity contribution >= 4 is 71.0 Å². The molecule has 0 spiro atoms. The summed E-state index contributed by atoms with van der Waals surface area (Å²) in [5, 5.41) is 7.69. The normalized spacial score (nSPS) is 13.9. The molecule has 7 aromatic rings. The fraction of sp³-hybridized carbons (Fsp3) is 0.170. The summed E-state index contributed by atoms with van der Waals surface area (Å²) in [6, 6.07) is 15.2. The molecule has 3 aromatic heterocycles. The van der Waals surface area contributed by atoms with Gasteiger partial charge < -0.3 is 31.2 Å². The quantitative estimate of drug-likeness (QED) is 0.0994. The van der Waals surface area contributed by atoms with Crippen LogP contribution in [0.4, 0.5) is 38.5 Å². The van der Waals surface area contributed by atoms with Crippen LogP contribution in [0.2, 0.25) is 10.0 Å². The molecule has 0 radical (unpaired) electrons. The summed E-state index contributed by atoms with van der Waals surface area (Å²) in [7, 11) is 0. The second-order valence-corrected chi connectivity index (χ2v) is 15.8. The molecule has 362 valence electrons. The van der Waals surface area contributed by atoms with Crippen molar-refractivity contribution < 1.29 is 46.2 Å². The van der Waals surface area contributed by atoms with Crippen LogP contribution in [0, 0.1) is 23.3 Å². The van der Waals surface area contributed by atoms with Gasteiger partial charge in [-0.05, 0) is 110 Å². The molecule has 0 aliphatic heterocycles. The van der Waals surface area contributed by atoms with Gasteiger partial charge in [0.2, 0.25) is 0 Å². The van der Waals surface area contributed by atoms with Crippen molar-refractivity contribution in [3.8, 4) is 0 Å². The molecule has 16 nitrogen and oxygen atoms in total. The van der Waals surface area contributed by atoms with E-state index < -0.39 is 47.5 Å². The Bertz CT molecular complexity index is 2980. The van der Waals surface area contributed by atoms with Gasteiger partial charge in [-0.2, -0.15) is 0 Å². The van der Waals surface area contributed by atoms with Crippen LogP contribution in [0.1, 0.15) is 79.5 Å². The van der Waals surface area contributed by atoms with E-state index in [9.17, 15) is 36.7 Å². The Morgan fingerprint density at radius 1 is 0.657 bits per heavy atom. The van der Waals surface area contributed by atoms with E-state index in [1.165, 1.54) is 90.3 Å². The molecule has 23 heteroatoms. The van der Waals surface area contributed by atoms with Crippen molar-refractivity contribution in [2.75, 3.05) is 10.6 Å². The molecule has 4 aromatic carbocycles. The average molecular weight is 1020 g/mol. The lowest BCUT2D eigenvalue weighted by Crippen LogP contribution is -2.28. The molecular weight excluding hydrogens is 983 g/mol. The van der Waals surface area contributed by atoms with Crippen LogP contribution >= 0.6 is 35.6 Å². The third-order valence-electron chi connectivity index (χ3n) is 10.5. The van der Waals surface area contributed by atoms with Gasteiger partial charge in [0, 0.05) is 76.9 Å². The van der Waals surface area contributed by atoms with Gasteiger partial charge in [-0.3, -0.25) is 9.59 Å². The van der Waals surface area contributed by atoms with Crippen LogP contribution in [0.5, 0.6) is 0 Å². The summed E-state index contributed by atoms with van der Waals surface area (Å²) in [6.07, 6.45) is 11.3. The zero-order chi connectivity index (χ0) is 49.0. The first-order valence-electron chi connectivity index (χ1n) is 20.8. The first-order valence-corrected chi connectivity index (χ1v) is 21.5. The summed E-state index contributed by atoms with van der Waals surface area (Å²) in [5.74, 6) is -2.18. The largest absolute Gasteiger partial charge is 0.441 e. The van der Waals surface area contributed by atoms with Crippen LogP contribution < -0.4 is 21.7 Å². The molecule has 2 atom stereocenters. The molecule has 70 heavy (non-hydrogen) atoms. The van der Waals surface area contributed by atoms with Crippen LogP contribution in [0.25, 0.3) is 0 Å². The van der Waals surface area contributed by atoms with Gasteiger partial charge in [-0.15, -0.1) is 12.4 Å². The summed E-state index contributed by atoms with van der Waals surface area (Å²) < 4.78 is 66.2. The summed E-state index contributed by atoms with van der Waals surface area (Å²) in [5.41, 5.74) is 8.97. The van der Waals surface area contributed by atoms with E-state index in [0.29, 0.717) is 71.0 Å². The summed E-state index contributed by atoms with van der Waals surface area (Å²) >= 11 is 11.4. The lowest BCUT2D eigenvalue weighted by Gasteiger charge is -2.16. The highest BCUT2D eigenvalue weighted by molar-refractivity contribution is 6.31. The number of rotatable bonds is 9. The lowest BCUT2D eigenvalue weighted by atomic mass is 10.0. The average Bonchev–Trinajstić information content (AvgIpc) is 4.13. The van der Waals surface area contributed by atoms with Crippen molar-refractivity contribution in [1.82, 2.24) is 34.8 Å². The topological polar surface area (TPSA) is 218 Å². The zero-order valence-corrected chi connectivity index (χ0v) is 38.6. The molecule has 9 rings (SSSR count). The molecule has 3 heterocycles. The van der Waals surface area contributed by atoms with Crippen molar-refractivity contribution in [3.05, 3.63) is 195 Å². The molecule has 0 fully saturated rings. The fourth-order valence-electron chi connectivity index (χ4n) is 7.27. The Labute approximate surface area is 412 Å². The van der Waals surface area contributed by atoms with Crippen molar-refractivity contribution in [2.24, 2.45) is 5.73 Å². The fourth-order valence-corrected chi connectivity index (χ4v) is 7.63. The molecule has 0 saturated heterocycles. The van der Waals surface area contributed by atoms with E-state index in [0.717, 1.165) is 6.07 Å². The number of hydrogen-bond donors (Lipinski definition) is 4. The minimum Gasteiger partial charge on any atom is -0.441 e. The first kappa shape index (κ1) is 51.9. The standard InChI is InChI=1S/C22H17ClF2N4O3.C16H13ClF2N2O.C9H8N4O2.ClH/c23-15-10-12(2-5-16(15)24)28-21(30)14-3-6-17(25)20-13(14)4-7-18(20)29-22(31)32-11-19-26-8-1-9-27-19;17-11-7-8(1-4-12(11)18)21-16(22)10-2-5-13(19)15-9(10)3-6-14(15)20;14-9(13-5-4-10-7-13)15-6-8-11-2-1-3-12-8;/h1-3,5-6,8-10,18H,4,7,11H2,(H,28,30)(H,29,31);1-2,4-5,7,14H,3,6,20H2,(H,21,22);1-5,7H,6H2;1H/t18-;14-;;/m00../s1. The van der Waals surface area contributed by atoms with Crippen molar-refractivity contribution in [3.63, 3.8) is 0 Å². The van der Waals surface area contributed by atoms with Gasteiger partial charge >= 0.3 is 12.2 Å². The maximum absolute atomic E-state index is 14.6. The third kappa shape index (κ3) is 13.2. The number of carbonyl (C=O) groups excluding carboxylic acids is 4. The number of alkyl carbamates (subject to hydrolysis) is 1. The van der Waals surface area contributed by atoms with Crippen molar-refractivity contribution in [1.29, 1.82) is 0 Å². The van der Waals surface area contributed by atoms with E-state index in [-0.39, 0.29) is 58.7 Å². The number of fused-ring (bicyclic) bond motifs is 2. The van der Waals surface area contributed by atoms with E-state index >= 15 is 0 Å². The maximum atomic E-state index is 14.6. The van der Waals surface area contributed by atoms with E-state index in [1.807, 2.05) is 0 Å². The number of benzene rings is 4. The Balaban J connectivity index is 0.000000183. The van der Waals surface area contributed by atoms with Gasteiger partial charge in [0.1, 0.15) is 29.6 Å². The number of hydrogen-bond acceptors (Lipinski definition) is 12. The monoisotopic (exact) mass is 1020 g/mol. The Morgan fingerprint density at radius 3 is 1.66 bits per heavy atom. The molecule has 0 saturated carbocycles. The number of nitrogens with zero attached hydrogens (tertiary/aromatic N) is 6. The first-order chi connectivity index (χ1) is 33.2. The smallest absolute Gasteiger partial charge is 0.419 e. The number of halogens is 7. The van der Waals surface area contributed by atoms with Crippen LogP contribution in [0.3, 0.4) is 0 Å².